The summed E-state index contributed by atoms with van der Waals surface area (Å²) in [5.41, 5.74) is -1.44. The molecule has 3 fully saturated rings. The second-order valence-corrected chi connectivity index (χ2v) is 11.7. The van der Waals surface area contributed by atoms with Gasteiger partial charge in [0.1, 0.15) is 11.6 Å². The van der Waals surface area contributed by atoms with Crippen molar-refractivity contribution in [1.29, 1.82) is 0 Å². The maximum absolute atomic E-state index is 13.8. The lowest BCUT2D eigenvalue weighted by Gasteiger charge is -2.38. The lowest BCUT2D eigenvalue weighted by atomic mass is 9.70. The van der Waals surface area contributed by atoms with Gasteiger partial charge in [-0.15, -0.1) is 0 Å². The highest BCUT2D eigenvalue weighted by atomic mass is 16.6. The molecule has 3 aliphatic heterocycles. The molecular weight excluding hydrogens is 424 g/mol. The van der Waals surface area contributed by atoms with Crippen LogP contribution in [0.25, 0.3) is 0 Å². The number of likely N-dealkylation sites (tertiary alicyclic amines) is 1. The number of nitrogens with zero attached hydrogens (tertiary/aromatic N) is 1. The number of fused-ring (bicyclic) bond motifs is 1. The van der Waals surface area contributed by atoms with Crippen molar-refractivity contribution in [3.8, 4) is 0 Å². The normalized spacial score (nSPS) is 31.1. The number of carbonyl (C=O) groups excluding carboxylic acids is 3. The van der Waals surface area contributed by atoms with E-state index < -0.39 is 35.0 Å². The predicted octanol–water partition coefficient (Wildman–Crippen LogP) is 2.42. The first-order chi connectivity index (χ1) is 15.4. The van der Waals surface area contributed by atoms with Crippen molar-refractivity contribution in [1.82, 2.24) is 10.2 Å². The average molecular weight is 467 g/mol. The second kappa shape index (κ2) is 9.53. The molecule has 0 unspecified atom stereocenters. The van der Waals surface area contributed by atoms with E-state index in [0.29, 0.717) is 32.2 Å². The first-order valence-corrected chi connectivity index (χ1v) is 12.4. The molecule has 3 aliphatic rings. The molecule has 0 aromatic carbocycles. The summed E-state index contributed by atoms with van der Waals surface area (Å²) in [5.74, 6) is -2.15. The third-order valence-corrected chi connectivity index (χ3v) is 7.10. The van der Waals surface area contributed by atoms with Crippen LogP contribution in [0.4, 0.5) is 0 Å². The molecule has 2 N–H and O–H groups in total. The SMILES string of the molecule is CCOC(=O)[C@@H]1[C@@H]2CC[C@]3(O2)[C@H](C(=O)NC(C)(C)CC(C)(C)C)N(CCCCCO)C(=O)[C@@H]13. The predicted molar refractivity (Wildman–Crippen MR) is 123 cm³/mol. The van der Waals surface area contributed by atoms with Crippen LogP contribution in [0, 0.1) is 17.3 Å². The third kappa shape index (κ3) is 5.06. The maximum atomic E-state index is 13.8. The van der Waals surface area contributed by atoms with Crippen molar-refractivity contribution in [2.24, 2.45) is 17.3 Å². The van der Waals surface area contributed by atoms with E-state index in [1.54, 1.807) is 11.8 Å². The van der Waals surface area contributed by atoms with Crippen LogP contribution in [0.2, 0.25) is 0 Å². The molecule has 5 atom stereocenters. The molecular formula is C25H42N2O6. The van der Waals surface area contributed by atoms with Gasteiger partial charge in [-0.05, 0) is 64.7 Å². The number of aliphatic hydroxyl groups excluding tert-OH is 1. The zero-order valence-electron chi connectivity index (χ0n) is 21.1. The maximum Gasteiger partial charge on any atom is 0.312 e. The van der Waals surface area contributed by atoms with E-state index in [0.717, 1.165) is 12.8 Å². The molecule has 3 heterocycles. The Bertz CT molecular complexity index is 760. The number of carbonyl (C=O) groups is 3. The lowest BCUT2D eigenvalue weighted by molar-refractivity contribution is -0.154. The molecule has 3 rings (SSSR count). The van der Waals surface area contributed by atoms with Crippen molar-refractivity contribution in [2.75, 3.05) is 19.8 Å². The van der Waals surface area contributed by atoms with Crippen molar-refractivity contribution in [2.45, 2.75) is 103 Å². The van der Waals surface area contributed by atoms with Gasteiger partial charge >= 0.3 is 5.97 Å². The number of rotatable bonds is 10. The summed E-state index contributed by atoms with van der Waals surface area (Å²) in [7, 11) is 0. The van der Waals surface area contributed by atoms with Crippen molar-refractivity contribution in [3.63, 3.8) is 0 Å². The number of nitrogens with one attached hydrogen (secondary N) is 1. The van der Waals surface area contributed by atoms with E-state index in [2.05, 4.69) is 26.1 Å². The van der Waals surface area contributed by atoms with Crippen LogP contribution in [0.3, 0.4) is 0 Å². The second-order valence-electron chi connectivity index (χ2n) is 11.7. The number of aliphatic hydroxyl groups is 1. The van der Waals surface area contributed by atoms with Gasteiger partial charge in [-0.1, -0.05) is 20.8 Å². The smallest absolute Gasteiger partial charge is 0.312 e. The van der Waals surface area contributed by atoms with E-state index in [1.165, 1.54) is 0 Å². The van der Waals surface area contributed by atoms with Gasteiger partial charge in [0.25, 0.3) is 0 Å². The molecule has 0 radical (unpaired) electrons. The number of amides is 2. The molecule has 1 spiro atoms. The van der Waals surface area contributed by atoms with E-state index >= 15 is 0 Å². The fourth-order valence-corrected chi connectivity index (χ4v) is 6.54. The van der Waals surface area contributed by atoms with Crippen molar-refractivity contribution in [3.05, 3.63) is 0 Å². The van der Waals surface area contributed by atoms with Crippen LogP contribution < -0.4 is 5.32 Å². The Hall–Kier alpha value is -1.67. The number of hydrogen-bond acceptors (Lipinski definition) is 6. The van der Waals surface area contributed by atoms with Gasteiger partial charge in [0.15, 0.2) is 0 Å². The summed E-state index contributed by atoms with van der Waals surface area (Å²) < 4.78 is 11.7. The standard InChI is InChI=1S/C25H42N2O6/c1-7-32-22(31)17-16-11-12-25(33-16)18(17)21(30)27(13-9-8-10-14-28)19(25)20(29)26-24(5,6)15-23(2,3)4/h16-19,28H,7-15H2,1-6H3,(H,26,29)/t16-,17+,18+,19-,25+/m0/s1. The largest absolute Gasteiger partial charge is 0.466 e. The van der Waals surface area contributed by atoms with Crippen molar-refractivity contribution >= 4 is 17.8 Å². The highest BCUT2D eigenvalue weighted by Gasteiger charge is 2.74. The summed E-state index contributed by atoms with van der Waals surface area (Å²) in [5, 5.41) is 12.3. The highest BCUT2D eigenvalue weighted by Crippen LogP contribution is 2.58. The minimum absolute atomic E-state index is 0.0183. The van der Waals surface area contributed by atoms with Gasteiger partial charge in [0.2, 0.25) is 11.8 Å². The monoisotopic (exact) mass is 466 g/mol. The zero-order valence-corrected chi connectivity index (χ0v) is 21.1. The molecule has 8 heteroatoms. The van der Waals surface area contributed by atoms with Gasteiger partial charge in [0.05, 0.1) is 24.5 Å². The Labute approximate surface area is 197 Å². The van der Waals surface area contributed by atoms with Gasteiger partial charge in [-0.3, -0.25) is 14.4 Å². The van der Waals surface area contributed by atoms with E-state index in [1.807, 2.05) is 13.8 Å². The van der Waals surface area contributed by atoms with Crippen LogP contribution in [0.15, 0.2) is 0 Å². The minimum Gasteiger partial charge on any atom is -0.466 e. The van der Waals surface area contributed by atoms with Crippen LogP contribution in [-0.2, 0) is 23.9 Å². The van der Waals surface area contributed by atoms with Gasteiger partial charge in [-0.25, -0.2) is 0 Å². The average Bonchev–Trinajstić information content (AvgIpc) is 3.30. The fraction of sp³-hybridized carbons (Fsp3) is 0.880. The molecule has 8 nitrogen and oxygen atoms in total. The topological polar surface area (TPSA) is 105 Å². The first-order valence-electron chi connectivity index (χ1n) is 12.4. The lowest BCUT2D eigenvalue weighted by Crippen LogP contribution is -2.59. The highest BCUT2D eigenvalue weighted by molar-refractivity contribution is 5.98. The van der Waals surface area contributed by atoms with Crippen LogP contribution in [-0.4, -0.2) is 70.8 Å². The fourth-order valence-electron chi connectivity index (χ4n) is 6.54. The first kappa shape index (κ1) is 25.9. The molecule has 2 bridgehead atoms. The number of ether oxygens (including phenoxy) is 2. The Morgan fingerprint density at radius 2 is 1.91 bits per heavy atom. The summed E-state index contributed by atoms with van der Waals surface area (Å²) in [6.07, 6.45) is 3.69. The summed E-state index contributed by atoms with van der Waals surface area (Å²) in [6.45, 7) is 12.9. The van der Waals surface area contributed by atoms with Crippen LogP contribution in [0.5, 0.6) is 0 Å². The van der Waals surface area contributed by atoms with E-state index in [4.69, 9.17) is 14.6 Å². The minimum atomic E-state index is -0.988. The molecule has 0 aromatic rings. The molecule has 0 aromatic heterocycles. The number of hydrogen-bond donors (Lipinski definition) is 2. The third-order valence-electron chi connectivity index (χ3n) is 7.10. The van der Waals surface area contributed by atoms with E-state index in [-0.39, 0.29) is 36.5 Å². The van der Waals surface area contributed by atoms with Gasteiger partial charge in [-0.2, -0.15) is 0 Å². The van der Waals surface area contributed by atoms with Gasteiger partial charge < -0.3 is 24.8 Å². The number of unbranched alkanes of at least 4 members (excludes halogenated alkanes) is 2. The van der Waals surface area contributed by atoms with Gasteiger partial charge in [0, 0.05) is 18.7 Å². The Kier molecular flexibility index (Phi) is 7.49. The summed E-state index contributed by atoms with van der Waals surface area (Å²) >= 11 is 0. The molecule has 0 saturated carbocycles. The molecule has 0 aliphatic carbocycles. The summed E-state index contributed by atoms with van der Waals surface area (Å²) in [6, 6.07) is -0.771. The Morgan fingerprint density at radius 1 is 1.21 bits per heavy atom. The van der Waals surface area contributed by atoms with Crippen molar-refractivity contribution < 1.29 is 29.0 Å². The Balaban J connectivity index is 1.90. The molecule has 188 valence electrons. The molecule has 3 saturated heterocycles. The summed E-state index contributed by atoms with van der Waals surface area (Å²) in [4.78, 5) is 41.9. The van der Waals surface area contributed by atoms with Crippen LogP contribution in [0.1, 0.15) is 80.1 Å². The van der Waals surface area contributed by atoms with E-state index in [9.17, 15) is 14.4 Å². The number of esters is 1. The molecule has 33 heavy (non-hydrogen) atoms. The zero-order chi connectivity index (χ0) is 24.6. The molecule has 2 amide bonds. The van der Waals surface area contributed by atoms with Crippen LogP contribution >= 0.6 is 0 Å². The quantitative estimate of drug-likeness (QED) is 0.378. The Morgan fingerprint density at radius 3 is 2.52 bits per heavy atom.